The number of hydrogen-bond donors (Lipinski definition) is 2. The molecular formula is C22H30N2O. The lowest BCUT2D eigenvalue weighted by atomic mass is 9.92. The standard InChI is InChI=1S/C22H30N2O/c25-17-7-16-24(18-19-12-14-23-15-13-19)22(20-8-3-1-4-9-20)21-10-5-2-6-11-21/h1-6,8-11,19,22-23,25H,7,12-18H2. The molecule has 0 amide bonds. The number of aliphatic hydroxyl groups excluding tert-OH is 1. The summed E-state index contributed by atoms with van der Waals surface area (Å²) in [6, 6.07) is 21.8. The molecule has 3 heteroatoms. The SMILES string of the molecule is OCCCN(CC1CCNCC1)C(c1ccccc1)c1ccccc1. The van der Waals surface area contributed by atoms with Crippen molar-refractivity contribution in [2.75, 3.05) is 32.8 Å². The quantitative estimate of drug-likeness (QED) is 0.774. The second-order valence-corrected chi connectivity index (χ2v) is 6.99. The van der Waals surface area contributed by atoms with Gasteiger partial charge in [-0.25, -0.2) is 0 Å². The van der Waals surface area contributed by atoms with Gasteiger partial charge in [-0.2, -0.15) is 0 Å². The van der Waals surface area contributed by atoms with Crippen LogP contribution in [0.4, 0.5) is 0 Å². The third-order valence-corrected chi connectivity index (χ3v) is 5.15. The molecule has 0 aromatic heterocycles. The number of rotatable bonds is 8. The van der Waals surface area contributed by atoms with Crippen LogP contribution in [0, 0.1) is 5.92 Å². The predicted molar refractivity (Wildman–Crippen MR) is 104 cm³/mol. The summed E-state index contributed by atoms with van der Waals surface area (Å²) in [7, 11) is 0. The maximum Gasteiger partial charge on any atom is 0.0601 e. The van der Waals surface area contributed by atoms with Crippen molar-refractivity contribution in [3.8, 4) is 0 Å². The Morgan fingerprint density at radius 2 is 1.48 bits per heavy atom. The van der Waals surface area contributed by atoms with Crippen LogP contribution in [0.5, 0.6) is 0 Å². The lowest BCUT2D eigenvalue weighted by molar-refractivity contribution is 0.155. The molecule has 0 aliphatic carbocycles. The van der Waals surface area contributed by atoms with Crippen LogP contribution >= 0.6 is 0 Å². The van der Waals surface area contributed by atoms with E-state index >= 15 is 0 Å². The number of nitrogens with one attached hydrogen (secondary N) is 1. The minimum Gasteiger partial charge on any atom is -0.396 e. The highest BCUT2D eigenvalue weighted by Crippen LogP contribution is 2.30. The maximum absolute atomic E-state index is 9.41. The molecule has 0 saturated carbocycles. The van der Waals surface area contributed by atoms with E-state index in [2.05, 4.69) is 70.9 Å². The molecule has 0 unspecified atom stereocenters. The molecule has 1 aliphatic rings. The Labute approximate surface area is 151 Å². The van der Waals surface area contributed by atoms with Crippen LogP contribution in [0.1, 0.15) is 36.4 Å². The molecule has 1 saturated heterocycles. The number of piperidine rings is 1. The first-order valence-electron chi connectivity index (χ1n) is 9.54. The molecule has 0 atom stereocenters. The van der Waals surface area contributed by atoms with Crippen LogP contribution in [-0.2, 0) is 0 Å². The molecule has 134 valence electrons. The lowest BCUT2D eigenvalue weighted by Crippen LogP contribution is -2.39. The fraction of sp³-hybridized carbons (Fsp3) is 0.455. The van der Waals surface area contributed by atoms with E-state index in [1.807, 2.05) is 0 Å². The molecule has 3 nitrogen and oxygen atoms in total. The van der Waals surface area contributed by atoms with Crippen LogP contribution < -0.4 is 5.32 Å². The summed E-state index contributed by atoms with van der Waals surface area (Å²) in [5, 5.41) is 12.9. The largest absolute Gasteiger partial charge is 0.396 e. The highest BCUT2D eigenvalue weighted by atomic mass is 16.3. The van der Waals surface area contributed by atoms with Crippen LogP contribution in [0.15, 0.2) is 60.7 Å². The number of nitrogens with zero attached hydrogens (tertiary/aromatic N) is 1. The van der Waals surface area contributed by atoms with Gasteiger partial charge in [0.25, 0.3) is 0 Å². The Balaban J connectivity index is 1.88. The molecule has 3 rings (SSSR count). The zero-order chi connectivity index (χ0) is 17.3. The summed E-state index contributed by atoms with van der Waals surface area (Å²) in [5.41, 5.74) is 2.67. The van der Waals surface area contributed by atoms with Gasteiger partial charge in [-0.1, -0.05) is 60.7 Å². The normalized spacial score (nSPS) is 15.8. The van der Waals surface area contributed by atoms with Crippen LogP contribution in [0.3, 0.4) is 0 Å². The third-order valence-electron chi connectivity index (χ3n) is 5.15. The van der Waals surface area contributed by atoms with Gasteiger partial charge in [0.05, 0.1) is 6.04 Å². The second-order valence-electron chi connectivity index (χ2n) is 6.99. The van der Waals surface area contributed by atoms with E-state index in [0.717, 1.165) is 38.5 Å². The molecule has 0 spiro atoms. The Kier molecular flexibility index (Phi) is 7.04. The molecule has 2 aromatic carbocycles. The van der Waals surface area contributed by atoms with Crippen LogP contribution in [0.2, 0.25) is 0 Å². The minimum atomic E-state index is 0.249. The van der Waals surface area contributed by atoms with Gasteiger partial charge in [-0.05, 0) is 49.4 Å². The van der Waals surface area contributed by atoms with E-state index in [0.29, 0.717) is 0 Å². The van der Waals surface area contributed by atoms with Crippen molar-refractivity contribution in [3.63, 3.8) is 0 Å². The summed E-state index contributed by atoms with van der Waals surface area (Å²) in [5.74, 6) is 0.731. The van der Waals surface area contributed by atoms with Gasteiger partial charge in [0.2, 0.25) is 0 Å². The van der Waals surface area contributed by atoms with Gasteiger partial charge in [0.15, 0.2) is 0 Å². The first-order valence-corrected chi connectivity index (χ1v) is 9.54. The maximum atomic E-state index is 9.41. The molecule has 2 aromatic rings. The minimum absolute atomic E-state index is 0.249. The Bertz CT molecular complexity index is 556. The summed E-state index contributed by atoms with van der Waals surface area (Å²) >= 11 is 0. The van der Waals surface area contributed by atoms with Gasteiger partial charge in [0.1, 0.15) is 0 Å². The Hall–Kier alpha value is -1.68. The number of aliphatic hydroxyl groups is 1. The summed E-state index contributed by atoms with van der Waals surface area (Å²) in [4.78, 5) is 2.58. The highest BCUT2D eigenvalue weighted by molar-refractivity contribution is 5.31. The molecule has 1 aliphatic heterocycles. The van der Waals surface area contributed by atoms with Gasteiger partial charge in [0, 0.05) is 19.7 Å². The molecule has 1 fully saturated rings. The van der Waals surface area contributed by atoms with Gasteiger partial charge in [-0.3, -0.25) is 4.90 Å². The number of benzene rings is 2. The van der Waals surface area contributed by atoms with E-state index in [1.165, 1.54) is 24.0 Å². The van der Waals surface area contributed by atoms with Crippen LogP contribution in [-0.4, -0.2) is 42.8 Å². The summed E-state index contributed by atoms with van der Waals surface area (Å²) < 4.78 is 0. The van der Waals surface area contributed by atoms with E-state index in [9.17, 15) is 5.11 Å². The van der Waals surface area contributed by atoms with E-state index < -0.39 is 0 Å². The van der Waals surface area contributed by atoms with Crippen molar-refractivity contribution in [1.29, 1.82) is 0 Å². The first-order chi connectivity index (χ1) is 12.4. The highest BCUT2D eigenvalue weighted by Gasteiger charge is 2.25. The van der Waals surface area contributed by atoms with Gasteiger partial charge < -0.3 is 10.4 Å². The summed E-state index contributed by atoms with van der Waals surface area (Å²) in [6.07, 6.45) is 3.30. The van der Waals surface area contributed by atoms with E-state index in [-0.39, 0.29) is 12.6 Å². The van der Waals surface area contributed by atoms with Crippen molar-refractivity contribution in [3.05, 3.63) is 71.8 Å². The fourth-order valence-electron chi connectivity index (χ4n) is 3.88. The average molecular weight is 338 g/mol. The Morgan fingerprint density at radius 1 is 0.920 bits per heavy atom. The zero-order valence-corrected chi connectivity index (χ0v) is 15.0. The topological polar surface area (TPSA) is 35.5 Å². The van der Waals surface area contributed by atoms with Crippen molar-refractivity contribution in [2.24, 2.45) is 5.92 Å². The molecule has 1 heterocycles. The van der Waals surface area contributed by atoms with Crippen molar-refractivity contribution >= 4 is 0 Å². The molecule has 0 radical (unpaired) electrons. The summed E-state index contributed by atoms with van der Waals surface area (Å²) in [6.45, 7) is 4.52. The van der Waals surface area contributed by atoms with Crippen molar-refractivity contribution < 1.29 is 5.11 Å². The zero-order valence-electron chi connectivity index (χ0n) is 15.0. The van der Waals surface area contributed by atoms with Crippen LogP contribution in [0.25, 0.3) is 0 Å². The monoisotopic (exact) mass is 338 g/mol. The fourth-order valence-corrected chi connectivity index (χ4v) is 3.88. The number of hydrogen-bond acceptors (Lipinski definition) is 3. The van der Waals surface area contributed by atoms with E-state index in [1.54, 1.807) is 0 Å². The smallest absolute Gasteiger partial charge is 0.0601 e. The van der Waals surface area contributed by atoms with Crippen molar-refractivity contribution in [2.45, 2.75) is 25.3 Å². The Morgan fingerprint density at radius 3 is 2.00 bits per heavy atom. The second kappa shape index (κ2) is 9.71. The third kappa shape index (κ3) is 5.15. The van der Waals surface area contributed by atoms with Gasteiger partial charge in [-0.15, -0.1) is 0 Å². The first kappa shape index (κ1) is 18.1. The lowest BCUT2D eigenvalue weighted by Gasteiger charge is -2.36. The molecule has 2 N–H and O–H groups in total. The molecule has 0 bridgehead atoms. The molecule has 25 heavy (non-hydrogen) atoms. The van der Waals surface area contributed by atoms with Gasteiger partial charge >= 0.3 is 0 Å². The van der Waals surface area contributed by atoms with E-state index in [4.69, 9.17) is 0 Å². The average Bonchev–Trinajstić information content (AvgIpc) is 2.69. The molecular weight excluding hydrogens is 308 g/mol. The van der Waals surface area contributed by atoms with Crippen molar-refractivity contribution in [1.82, 2.24) is 10.2 Å². The predicted octanol–water partition coefficient (Wildman–Crippen LogP) is 3.46.